The number of aliphatic hydroxyl groups is 3. The highest BCUT2D eigenvalue weighted by Crippen LogP contribution is 2.29. The van der Waals surface area contributed by atoms with Crippen LogP contribution in [0.15, 0.2) is 54.6 Å². The van der Waals surface area contributed by atoms with Gasteiger partial charge in [-0.25, -0.2) is 13.2 Å². The van der Waals surface area contributed by atoms with Gasteiger partial charge in [0, 0.05) is 0 Å². The first-order valence-electron chi connectivity index (χ1n) is 13.7. The molecule has 0 bridgehead atoms. The second-order valence-electron chi connectivity index (χ2n) is 11.0. The summed E-state index contributed by atoms with van der Waals surface area (Å²) in [4.78, 5) is 0. The SMILES string of the molecule is CCCC(C)(OB(O)c1ccc(F)cc1CO)B(OC(C)(C)B(O)c1ccc(F)cc1CO)c1ccc(F)cc1CO. The Labute approximate surface area is 245 Å². The molecule has 7 nitrogen and oxygen atoms in total. The average Bonchev–Trinajstić information content (AvgIpc) is 2.95. The maximum Gasteiger partial charge on any atom is 0.491 e. The molecule has 0 heterocycles. The zero-order valence-electron chi connectivity index (χ0n) is 24.2. The summed E-state index contributed by atoms with van der Waals surface area (Å²) in [7, 11) is -1.65. The fraction of sp³-hybridized carbons (Fsp3) is 0.379. The molecule has 5 N–H and O–H groups in total. The molecule has 0 aromatic heterocycles. The van der Waals surface area contributed by atoms with Gasteiger partial charge in [-0.1, -0.05) is 31.5 Å². The minimum absolute atomic E-state index is 0.111. The first kappa shape index (κ1) is 33.9. The summed E-state index contributed by atoms with van der Waals surface area (Å²) in [6.45, 7) is 2.47. The van der Waals surface area contributed by atoms with E-state index in [-0.39, 0.29) is 34.0 Å². The van der Waals surface area contributed by atoms with Crippen molar-refractivity contribution < 1.29 is 47.8 Å². The lowest BCUT2D eigenvalue weighted by molar-refractivity contribution is 0.0859. The highest BCUT2D eigenvalue weighted by molar-refractivity contribution is 6.75. The Morgan fingerprint density at radius 3 is 1.57 bits per heavy atom. The number of hydrogen-bond acceptors (Lipinski definition) is 7. The van der Waals surface area contributed by atoms with Gasteiger partial charge in [-0.2, -0.15) is 0 Å². The number of benzene rings is 3. The molecule has 1 atom stereocenters. The maximum absolute atomic E-state index is 14.2. The maximum atomic E-state index is 14.2. The van der Waals surface area contributed by atoms with Crippen LogP contribution >= 0.6 is 0 Å². The molecule has 0 aliphatic carbocycles. The third-order valence-corrected chi connectivity index (χ3v) is 7.43. The summed E-state index contributed by atoms with van der Waals surface area (Å²) >= 11 is 0. The molecule has 13 heteroatoms. The Morgan fingerprint density at radius 2 is 1.10 bits per heavy atom. The normalized spacial score (nSPS) is 13.1. The van der Waals surface area contributed by atoms with Crippen molar-refractivity contribution in [2.45, 2.75) is 71.4 Å². The molecule has 0 aliphatic rings. The second kappa shape index (κ2) is 14.2. The molecule has 42 heavy (non-hydrogen) atoms. The summed E-state index contributed by atoms with van der Waals surface area (Å²) in [5.41, 5.74) is -1.74. The van der Waals surface area contributed by atoms with Crippen molar-refractivity contribution in [2.75, 3.05) is 0 Å². The Morgan fingerprint density at radius 1 is 0.667 bits per heavy atom. The van der Waals surface area contributed by atoms with Gasteiger partial charge in [-0.15, -0.1) is 0 Å². The average molecular weight is 586 g/mol. The van der Waals surface area contributed by atoms with Crippen molar-refractivity contribution in [1.29, 1.82) is 0 Å². The largest absolute Gasteiger partial charge is 0.491 e. The summed E-state index contributed by atoms with van der Waals surface area (Å²) in [5, 5.41) is 52.4. The van der Waals surface area contributed by atoms with E-state index in [1.807, 2.05) is 6.92 Å². The molecule has 0 fully saturated rings. The third-order valence-electron chi connectivity index (χ3n) is 7.43. The number of hydrogen-bond donors (Lipinski definition) is 5. The summed E-state index contributed by atoms with van der Waals surface area (Å²) in [6.07, 6.45) is 0.780. The van der Waals surface area contributed by atoms with E-state index in [1.165, 1.54) is 24.3 Å². The first-order valence-corrected chi connectivity index (χ1v) is 13.7. The van der Waals surface area contributed by atoms with Crippen LogP contribution in [-0.4, -0.2) is 57.3 Å². The summed E-state index contributed by atoms with van der Waals surface area (Å²) in [5.74, 6) is -1.80. The minimum atomic E-state index is -1.65. The number of aliphatic hydroxyl groups excluding tert-OH is 3. The van der Waals surface area contributed by atoms with Gasteiger partial charge in [0.15, 0.2) is 0 Å². The fourth-order valence-electron chi connectivity index (χ4n) is 5.22. The molecule has 3 aromatic carbocycles. The van der Waals surface area contributed by atoms with Crippen molar-refractivity contribution in [2.24, 2.45) is 0 Å². The Kier molecular flexibility index (Phi) is 11.5. The molecule has 0 radical (unpaired) electrons. The van der Waals surface area contributed by atoms with Gasteiger partial charge >= 0.3 is 20.9 Å². The van der Waals surface area contributed by atoms with Crippen LogP contribution in [-0.2, 0) is 29.1 Å². The molecular formula is C29H36B3F3O7. The predicted molar refractivity (Wildman–Crippen MR) is 157 cm³/mol. The van der Waals surface area contributed by atoms with Crippen LogP contribution in [0, 0.1) is 17.5 Å². The summed E-state index contributed by atoms with van der Waals surface area (Å²) < 4.78 is 54.7. The zero-order valence-corrected chi connectivity index (χ0v) is 24.2. The molecule has 0 saturated heterocycles. The first-order chi connectivity index (χ1) is 19.8. The predicted octanol–water partition coefficient (Wildman–Crippen LogP) is 1.51. The molecule has 0 spiro atoms. The fourth-order valence-corrected chi connectivity index (χ4v) is 5.22. The molecular weight excluding hydrogens is 550 g/mol. The minimum Gasteiger partial charge on any atom is -0.445 e. The lowest BCUT2D eigenvalue weighted by atomic mass is 9.42. The van der Waals surface area contributed by atoms with Crippen molar-refractivity contribution in [1.82, 2.24) is 0 Å². The molecule has 0 amide bonds. The van der Waals surface area contributed by atoms with Gasteiger partial charge in [0.2, 0.25) is 0 Å². The highest BCUT2D eigenvalue weighted by atomic mass is 19.1. The van der Waals surface area contributed by atoms with Crippen LogP contribution in [0.25, 0.3) is 0 Å². The molecule has 224 valence electrons. The van der Waals surface area contributed by atoms with E-state index >= 15 is 0 Å². The Hall–Kier alpha value is -2.64. The standard InChI is InChI=1S/C29H36B3F3O7/c1-5-12-29(4,42-32(40)27-11-8-24(35)15-21(27)18-38)31(26-10-7-23(34)14-20(26)17-37)41-28(2,3)30(39)25-9-6-22(33)13-19(25)16-36/h6-11,13-15,36-40H,5,12,16-18H2,1-4H3. The molecule has 1 unspecified atom stereocenters. The number of halogens is 3. The Bertz CT molecular complexity index is 1360. The second-order valence-corrected chi connectivity index (χ2v) is 11.0. The smallest absolute Gasteiger partial charge is 0.445 e. The van der Waals surface area contributed by atoms with E-state index in [2.05, 4.69) is 0 Å². The van der Waals surface area contributed by atoms with Crippen molar-refractivity contribution in [3.8, 4) is 0 Å². The van der Waals surface area contributed by atoms with Crippen molar-refractivity contribution in [3.05, 3.63) is 88.7 Å². The van der Waals surface area contributed by atoms with E-state index in [0.29, 0.717) is 11.9 Å². The zero-order chi connectivity index (χ0) is 31.2. The highest BCUT2D eigenvalue weighted by Gasteiger charge is 2.50. The van der Waals surface area contributed by atoms with E-state index in [4.69, 9.17) is 9.31 Å². The molecule has 3 rings (SSSR count). The quantitative estimate of drug-likeness (QED) is 0.182. The van der Waals surface area contributed by atoms with Gasteiger partial charge in [-0.3, -0.25) is 0 Å². The van der Waals surface area contributed by atoms with Gasteiger partial charge < -0.3 is 34.7 Å². The van der Waals surface area contributed by atoms with Crippen molar-refractivity contribution >= 4 is 37.3 Å². The third kappa shape index (κ3) is 7.65. The van der Waals surface area contributed by atoms with Crippen LogP contribution in [0.2, 0.25) is 0 Å². The lowest BCUT2D eigenvalue weighted by Gasteiger charge is -2.42. The number of rotatable bonds is 14. The van der Waals surface area contributed by atoms with Crippen LogP contribution in [0.5, 0.6) is 0 Å². The monoisotopic (exact) mass is 586 g/mol. The van der Waals surface area contributed by atoms with Crippen LogP contribution < -0.4 is 16.4 Å². The Balaban J connectivity index is 2.14. The molecule has 0 aliphatic heterocycles. The van der Waals surface area contributed by atoms with E-state index in [0.717, 1.165) is 30.3 Å². The van der Waals surface area contributed by atoms with E-state index in [9.17, 15) is 38.5 Å². The lowest BCUT2D eigenvalue weighted by Crippen LogP contribution is -2.65. The van der Waals surface area contributed by atoms with Crippen LogP contribution in [0.1, 0.15) is 57.2 Å². The molecule has 0 saturated carbocycles. The molecule has 3 aromatic rings. The van der Waals surface area contributed by atoms with E-state index < -0.39 is 69.2 Å². The van der Waals surface area contributed by atoms with Gasteiger partial charge in [0.05, 0.1) is 30.8 Å². The van der Waals surface area contributed by atoms with Gasteiger partial charge in [-0.05, 0) is 96.7 Å². The van der Waals surface area contributed by atoms with Crippen molar-refractivity contribution in [3.63, 3.8) is 0 Å². The van der Waals surface area contributed by atoms with Gasteiger partial charge in [0.25, 0.3) is 0 Å². The van der Waals surface area contributed by atoms with Crippen LogP contribution in [0.4, 0.5) is 13.2 Å². The van der Waals surface area contributed by atoms with E-state index in [1.54, 1.807) is 20.8 Å². The summed E-state index contributed by atoms with van der Waals surface area (Å²) in [6, 6.07) is 10.9. The van der Waals surface area contributed by atoms with Crippen LogP contribution in [0.3, 0.4) is 0 Å². The van der Waals surface area contributed by atoms with Gasteiger partial charge in [0.1, 0.15) is 17.5 Å². The topological polar surface area (TPSA) is 120 Å².